The van der Waals surface area contributed by atoms with Crippen LogP contribution in [0.4, 0.5) is 4.39 Å². The standard InChI is InChI=1S/C15H15FO6/c1-3-20-13(17)11-8-9-7-10(16)5-6-12(9)22-15(11,19)14(18)21-4-2/h5-8,19H,3-4H2,1-2H3. The maximum atomic E-state index is 13.3. The molecule has 0 amide bonds. The summed E-state index contributed by atoms with van der Waals surface area (Å²) in [6.45, 7) is 3.13. The van der Waals surface area contributed by atoms with Gasteiger partial charge in [0, 0.05) is 5.56 Å². The van der Waals surface area contributed by atoms with Crippen LogP contribution in [0.5, 0.6) is 5.75 Å². The Morgan fingerprint density at radius 3 is 2.59 bits per heavy atom. The molecule has 1 aromatic rings. The lowest BCUT2D eigenvalue weighted by atomic mass is 9.98. The van der Waals surface area contributed by atoms with Crippen LogP contribution in [0.1, 0.15) is 19.4 Å². The van der Waals surface area contributed by atoms with Crippen molar-refractivity contribution in [2.75, 3.05) is 13.2 Å². The molecule has 0 radical (unpaired) electrons. The molecule has 1 atom stereocenters. The fraction of sp³-hybridized carbons (Fsp3) is 0.333. The molecular formula is C15H15FO6. The molecule has 1 N–H and O–H groups in total. The third-order valence-corrected chi connectivity index (χ3v) is 2.94. The number of esters is 2. The molecular weight excluding hydrogens is 295 g/mol. The lowest BCUT2D eigenvalue weighted by Gasteiger charge is -2.31. The van der Waals surface area contributed by atoms with Crippen LogP contribution in [0, 0.1) is 5.82 Å². The van der Waals surface area contributed by atoms with Crippen LogP contribution in [-0.2, 0) is 19.1 Å². The predicted molar refractivity (Wildman–Crippen MR) is 73.2 cm³/mol. The maximum Gasteiger partial charge on any atom is 0.385 e. The van der Waals surface area contributed by atoms with Gasteiger partial charge >= 0.3 is 17.7 Å². The van der Waals surface area contributed by atoms with Crippen LogP contribution >= 0.6 is 0 Å². The largest absolute Gasteiger partial charge is 0.462 e. The normalized spacial score (nSPS) is 19.5. The van der Waals surface area contributed by atoms with Gasteiger partial charge in [0.25, 0.3) is 0 Å². The SMILES string of the molecule is CCOC(=O)C1=Cc2cc(F)ccc2OC1(O)C(=O)OCC. The van der Waals surface area contributed by atoms with Crippen molar-refractivity contribution in [2.24, 2.45) is 0 Å². The molecule has 0 saturated heterocycles. The third-order valence-electron chi connectivity index (χ3n) is 2.94. The molecule has 0 spiro atoms. The Bertz CT molecular complexity index is 639. The molecule has 1 heterocycles. The predicted octanol–water partition coefficient (Wildman–Crippen LogP) is 1.42. The molecule has 0 aliphatic carbocycles. The van der Waals surface area contributed by atoms with Crippen molar-refractivity contribution in [1.82, 2.24) is 0 Å². The van der Waals surface area contributed by atoms with Gasteiger partial charge in [-0.2, -0.15) is 0 Å². The highest BCUT2D eigenvalue weighted by atomic mass is 19.1. The first kappa shape index (κ1) is 16.0. The molecule has 1 aliphatic heterocycles. The Kier molecular flexibility index (Phi) is 4.46. The highest BCUT2D eigenvalue weighted by molar-refractivity contribution is 6.04. The number of halogens is 1. The van der Waals surface area contributed by atoms with Crippen molar-refractivity contribution in [3.8, 4) is 5.75 Å². The number of carbonyl (C=O) groups excluding carboxylic acids is 2. The van der Waals surface area contributed by atoms with Crippen LogP contribution in [0.25, 0.3) is 6.08 Å². The minimum atomic E-state index is -2.63. The van der Waals surface area contributed by atoms with Crippen LogP contribution in [0.15, 0.2) is 23.8 Å². The molecule has 7 heteroatoms. The maximum absolute atomic E-state index is 13.3. The van der Waals surface area contributed by atoms with Gasteiger partial charge < -0.3 is 19.3 Å². The van der Waals surface area contributed by atoms with E-state index < -0.39 is 29.1 Å². The molecule has 0 saturated carbocycles. The van der Waals surface area contributed by atoms with E-state index in [0.717, 1.165) is 18.2 Å². The smallest absolute Gasteiger partial charge is 0.385 e. The van der Waals surface area contributed by atoms with Crippen LogP contribution in [0.3, 0.4) is 0 Å². The molecule has 0 fully saturated rings. The number of rotatable bonds is 4. The molecule has 0 aromatic heterocycles. The van der Waals surface area contributed by atoms with E-state index in [1.165, 1.54) is 6.07 Å². The van der Waals surface area contributed by atoms with Crippen molar-refractivity contribution < 1.29 is 33.3 Å². The topological polar surface area (TPSA) is 82.1 Å². The van der Waals surface area contributed by atoms with Gasteiger partial charge in [0.2, 0.25) is 0 Å². The van der Waals surface area contributed by atoms with E-state index in [0.29, 0.717) is 0 Å². The number of ether oxygens (including phenoxy) is 3. The molecule has 2 rings (SSSR count). The number of fused-ring (bicyclic) bond motifs is 1. The third kappa shape index (κ3) is 2.80. The Labute approximate surface area is 126 Å². The average Bonchev–Trinajstić information content (AvgIpc) is 2.47. The van der Waals surface area contributed by atoms with E-state index in [4.69, 9.17) is 14.2 Å². The van der Waals surface area contributed by atoms with Crippen molar-refractivity contribution in [3.63, 3.8) is 0 Å². The monoisotopic (exact) mass is 310 g/mol. The molecule has 6 nitrogen and oxygen atoms in total. The van der Waals surface area contributed by atoms with Crippen LogP contribution < -0.4 is 4.74 Å². The Balaban J connectivity index is 2.53. The van der Waals surface area contributed by atoms with Gasteiger partial charge in [0.1, 0.15) is 17.1 Å². The summed E-state index contributed by atoms with van der Waals surface area (Å²) in [5.41, 5.74) is -0.261. The Morgan fingerprint density at radius 2 is 1.95 bits per heavy atom. The van der Waals surface area contributed by atoms with Crippen molar-refractivity contribution in [1.29, 1.82) is 0 Å². The molecule has 22 heavy (non-hydrogen) atoms. The minimum absolute atomic E-state index is 0.0170. The fourth-order valence-electron chi connectivity index (χ4n) is 1.98. The summed E-state index contributed by atoms with van der Waals surface area (Å²) in [4.78, 5) is 24.0. The average molecular weight is 310 g/mol. The Hall–Kier alpha value is -2.41. The van der Waals surface area contributed by atoms with Crippen molar-refractivity contribution in [2.45, 2.75) is 19.6 Å². The number of hydrogen-bond acceptors (Lipinski definition) is 6. The van der Waals surface area contributed by atoms with Crippen molar-refractivity contribution >= 4 is 18.0 Å². The molecule has 0 bridgehead atoms. The highest BCUT2D eigenvalue weighted by Gasteiger charge is 2.51. The van der Waals surface area contributed by atoms with Gasteiger partial charge in [-0.1, -0.05) is 0 Å². The van der Waals surface area contributed by atoms with Gasteiger partial charge in [0.05, 0.1) is 13.2 Å². The zero-order valence-electron chi connectivity index (χ0n) is 12.1. The van der Waals surface area contributed by atoms with Gasteiger partial charge in [-0.15, -0.1) is 0 Å². The second-order valence-corrected chi connectivity index (χ2v) is 4.43. The van der Waals surface area contributed by atoms with Gasteiger partial charge in [-0.05, 0) is 38.1 Å². The van der Waals surface area contributed by atoms with E-state index in [2.05, 4.69) is 0 Å². The Morgan fingerprint density at radius 1 is 1.27 bits per heavy atom. The lowest BCUT2D eigenvalue weighted by molar-refractivity contribution is -0.192. The summed E-state index contributed by atoms with van der Waals surface area (Å²) in [6, 6.07) is 3.46. The minimum Gasteiger partial charge on any atom is -0.462 e. The van der Waals surface area contributed by atoms with E-state index >= 15 is 0 Å². The van der Waals surface area contributed by atoms with Crippen LogP contribution in [-0.4, -0.2) is 36.0 Å². The number of aliphatic hydroxyl groups is 1. The van der Waals surface area contributed by atoms with E-state index in [1.54, 1.807) is 13.8 Å². The van der Waals surface area contributed by atoms with Gasteiger partial charge in [-0.3, -0.25) is 0 Å². The molecule has 1 unspecified atom stereocenters. The van der Waals surface area contributed by atoms with Crippen molar-refractivity contribution in [3.05, 3.63) is 35.2 Å². The van der Waals surface area contributed by atoms with E-state index in [1.807, 2.05) is 0 Å². The number of carbonyl (C=O) groups is 2. The first-order valence-corrected chi connectivity index (χ1v) is 6.69. The number of benzene rings is 1. The summed E-state index contributed by atoms with van der Waals surface area (Å²) in [6.07, 6.45) is 1.15. The van der Waals surface area contributed by atoms with Gasteiger partial charge in [0.15, 0.2) is 0 Å². The van der Waals surface area contributed by atoms with Crippen LogP contribution in [0.2, 0.25) is 0 Å². The first-order valence-electron chi connectivity index (χ1n) is 6.69. The molecule has 118 valence electrons. The van der Waals surface area contributed by atoms with Gasteiger partial charge in [-0.25, -0.2) is 14.0 Å². The summed E-state index contributed by atoms with van der Waals surface area (Å²) in [7, 11) is 0. The molecule has 1 aliphatic rings. The lowest BCUT2D eigenvalue weighted by Crippen LogP contribution is -2.51. The fourth-order valence-corrected chi connectivity index (χ4v) is 1.98. The van der Waals surface area contributed by atoms with E-state index in [9.17, 15) is 19.1 Å². The van der Waals surface area contributed by atoms with E-state index in [-0.39, 0.29) is 24.5 Å². The zero-order chi connectivity index (χ0) is 16.3. The quantitative estimate of drug-likeness (QED) is 0.847. The summed E-state index contributed by atoms with van der Waals surface area (Å²) in [5, 5.41) is 10.5. The first-order chi connectivity index (χ1) is 10.4. The molecule has 1 aromatic carbocycles. The second kappa shape index (κ2) is 6.15. The number of hydrogen-bond donors (Lipinski definition) is 1. The summed E-state index contributed by atoms with van der Waals surface area (Å²) in [5.74, 6) is -5.24. The summed E-state index contributed by atoms with van der Waals surface area (Å²) >= 11 is 0. The second-order valence-electron chi connectivity index (χ2n) is 4.43. The summed E-state index contributed by atoms with van der Waals surface area (Å²) < 4.78 is 28.0. The highest BCUT2D eigenvalue weighted by Crippen LogP contribution is 2.36. The zero-order valence-corrected chi connectivity index (χ0v) is 12.1.